The van der Waals surface area contributed by atoms with Crippen LogP contribution in [0.2, 0.25) is 0 Å². The van der Waals surface area contributed by atoms with Crippen molar-refractivity contribution in [3.8, 4) is 0 Å². The Balaban J connectivity index is 0. The van der Waals surface area contributed by atoms with E-state index in [0.717, 1.165) is 0 Å². The molecular weight excluding hydrogens is 178 g/mol. The van der Waals surface area contributed by atoms with E-state index in [1.54, 1.807) is 0 Å². The number of hydrogen-bond donors (Lipinski definition) is 1. The topological polar surface area (TPSA) is 52.2 Å². The second-order valence-corrected chi connectivity index (χ2v) is 3.67. The number of carboxylic acid groups (broad SMARTS) is 1. The Labute approximate surface area is 80.0 Å². The standard InChI is InChI=1S/C8H17NO2.ClH/c1-5-6(7(10)11)9-8(2,3)4;/h6,9H,5H2,1-4H3,(H,10,11);1H/p-1. The van der Waals surface area contributed by atoms with E-state index in [4.69, 9.17) is 0 Å². The van der Waals surface area contributed by atoms with Crippen molar-refractivity contribution in [3.63, 3.8) is 0 Å². The van der Waals surface area contributed by atoms with Crippen LogP contribution in [-0.2, 0) is 4.79 Å². The second kappa shape index (κ2) is 5.38. The van der Waals surface area contributed by atoms with Gasteiger partial charge in [-0.25, -0.2) is 0 Å². The molecule has 0 aromatic heterocycles. The van der Waals surface area contributed by atoms with Crippen molar-refractivity contribution in [2.45, 2.75) is 45.7 Å². The van der Waals surface area contributed by atoms with E-state index < -0.39 is 12.0 Å². The van der Waals surface area contributed by atoms with Crippen LogP contribution in [0.15, 0.2) is 0 Å². The summed E-state index contributed by atoms with van der Waals surface area (Å²) in [4.78, 5) is 10.4. The molecule has 0 aliphatic rings. The first-order valence-electron chi connectivity index (χ1n) is 3.85. The van der Waals surface area contributed by atoms with Gasteiger partial charge in [0.25, 0.3) is 0 Å². The van der Waals surface area contributed by atoms with E-state index in [1.807, 2.05) is 27.7 Å². The van der Waals surface area contributed by atoms with Crippen LogP contribution >= 0.6 is 12.4 Å². The molecule has 0 spiro atoms. The molecule has 4 heteroatoms. The highest BCUT2D eigenvalue weighted by atomic mass is 35.5. The molecule has 0 aromatic rings. The Morgan fingerprint density at radius 1 is 1.50 bits per heavy atom. The van der Waals surface area contributed by atoms with Gasteiger partial charge >= 0.3 is 0 Å². The first kappa shape index (κ1) is 14.3. The van der Waals surface area contributed by atoms with Crippen molar-refractivity contribution >= 4 is 18.4 Å². The molecule has 74 valence electrons. The van der Waals surface area contributed by atoms with Crippen molar-refractivity contribution in [3.05, 3.63) is 0 Å². The molecule has 0 aliphatic carbocycles. The number of carboxylic acids is 1. The van der Waals surface area contributed by atoms with E-state index >= 15 is 0 Å². The smallest absolute Gasteiger partial charge is 0.0584 e. The molecule has 3 nitrogen and oxygen atoms in total. The van der Waals surface area contributed by atoms with Crippen molar-refractivity contribution in [1.29, 1.82) is 0 Å². The van der Waals surface area contributed by atoms with Crippen LogP contribution in [0.5, 0.6) is 0 Å². The molecule has 0 heterocycles. The molecule has 0 saturated heterocycles. The zero-order valence-electron chi connectivity index (χ0n) is 8.01. The summed E-state index contributed by atoms with van der Waals surface area (Å²) in [6, 6.07) is -0.532. The maximum absolute atomic E-state index is 10.4. The van der Waals surface area contributed by atoms with Gasteiger partial charge in [-0.15, -0.1) is 12.4 Å². The summed E-state index contributed by atoms with van der Waals surface area (Å²) in [5.74, 6) is -1.03. The number of halogens is 1. The van der Waals surface area contributed by atoms with Crippen molar-refractivity contribution in [2.24, 2.45) is 0 Å². The van der Waals surface area contributed by atoms with Crippen molar-refractivity contribution < 1.29 is 9.90 Å². The number of hydrogen-bond acceptors (Lipinski definition) is 3. The third-order valence-electron chi connectivity index (χ3n) is 1.30. The minimum atomic E-state index is -1.03. The van der Waals surface area contributed by atoms with Crippen LogP contribution in [0.1, 0.15) is 34.1 Å². The molecule has 0 rings (SSSR count). The predicted molar refractivity (Wildman–Crippen MR) is 49.2 cm³/mol. The largest absolute Gasteiger partial charge is 0.548 e. The lowest BCUT2D eigenvalue weighted by Crippen LogP contribution is -2.52. The fraction of sp³-hybridized carbons (Fsp3) is 0.875. The van der Waals surface area contributed by atoms with Crippen molar-refractivity contribution in [1.82, 2.24) is 5.32 Å². The SMILES string of the molecule is CCC(NC(C)(C)C)C(=O)[O-].Cl. The van der Waals surface area contributed by atoms with Crippen LogP contribution in [0.3, 0.4) is 0 Å². The van der Waals surface area contributed by atoms with Gasteiger partial charge < -0.3 is 15.2 Å². The summed E-state index contributed by atoms with van der Waals surface area (Å²) in [6.45, 7) is 7.61. The van der Waals surface area contributed by atoms with Gasteiger partial charge in [-0.05, 0) is 27.2 Å². The van der Waals surface area contributed by atoms with Gasteiger partial charge in [-0.1, -0.05) is 6.92 Å². The maximum atomic E-state index is 10.4. The Morgan fingerprint density at radius 3 is 2.00 bits per heavy atom. The summed E-state index contributed by atoms with van der Waals surface area (Å²) in [5, 5.41) is 13.4. The van der Waals surface area contributed by atoms with Crippen LogP contribution in [0.4, 0.5) is 0 Å². The molecule has 1 atom stereocenters. The number of rotatable bonds is 3. The Hall–Kier alpha value is -0.280. The highest BCUT2D eigenvalue weighted by molar-refractivity contribution is 5.85. The molecule has 12 heavy (non-hydrogen) atoms. The normalized spacial score (nSPS) is 13.3. The molecule has 0 amide bonds. The average molecular weight is 195 g/mol. The summed E-state index contributed by atoms with van der Waals surface area (Å²) in [6.07, 6.45) is 0.555. The van der Waals surface area contributed by atoms with Gasteiger partial charge in [-0.2, -0.15) is 0 Å². The fourth-order valence-electron chi connectivity index (χ4n) is 0.850. The van der Waals surface area contributed by atoms with Gasteiger partial charge in [0.2, 0.25) is 0 Å². The lowest BCUT2D eigenvalue weighted by atomic mass is 10.1. The third kappa shape index (κ3) is 6.43. The van der Waals surface area contributed by atoms with E-state index in [-0.39, 0.29) is 17.9 Å². The Kier molecular flexibility index (Phi) is 6.39. The van der Waals surface area contributed by atoms with Crippen LogP contribution in [-0.4, -0.2) is 17.6 Å². The predicted octanol–water partition coefficient (Wildman–Crippen LogP) is 0.325. The quantitative estimate of drug-likeness (QED) is 0.705. The minimum Gasteiger partial charge on any atom is -0.548 e. The second-order valence-electron chi connectivity index (χ2n) is 3.67. The number of nitrogens with one attached hydrogen (secondary N) is 1. The molecule has 0 aromatic carbocycles. The van der Waals surface area contributed by atoms with Crippen molar-refractivity contribution in [2.75, 3.05) is 0 Å². The molecule has 0 bridgehead atoms. The van der Waals surface area contributed by atoms with Gasteiger partial charge in [0.15, 0.2) is 0 Å². The summed E-state index contributed by atoms with van der Waals surface area (Å²) in [7, 11) is 0. The van der Waals surface area contributed by atoms with E-state index in [0.29, 0.717) is 6.42 Å². The number of carbonyl (C=O) groups is 1. The average Bonchev–Trinajstić information content (AvgIpc) is 1.80. The van der Waals surface area contributed by atoms with Gasteiger partial charge in [-0.3, -0.25) is 0 Å². The zero-order valence-corrected chi connectivity index (χ0v) is 8.83. The molecule has 0 fully saturated rings. The zero-order chi connectivity index (χ0) is 9.07. The van der Waals surface area contributed by atoms with E-state index in [9.17, 15) is 9.90 Å². The highest BCUT2D eigenvalue weighted by Gasteiger charge is 2.15. The number of carbonyl (C=O) groups excluding carboxylic acids is 1. The third-order valence-corrected chi connectivity index (χ3v) is 1.30. The molecular formula is C8H17ClNO2-. The Bertz CT molecular complexity index is 142. The lowest BCUT2D eigenvalue weighted by Gasteiger charge is -2.28. The highest BCUT2D eigenvalue weighted by Crippen LogP contribution is 2.02. The molecule has 1 unspecified atom stereocenters. The fourth-order valence-corrected chi connectivity index (χ4v) is 0.850. The van der Waals surface area contributed by atoms with Gasteiger partial charge in [0.1, 0.15) is 0 Å². The summed E-state index contributed by atoms with van der Waals surface area (Å²) in [5.41, 5.74) is -0.166. The van der Waals surface area contributed by atoms with E-state index in [2.05, 4.69) is 5.32 Å². The Morgan fingerprint density at radius 2 is 1.92 bits per heavy atom. The minimum absolute atomic E-state index is 0. The molecule has 0 saturated carbocycles. The van der Waals surface area contributed by atoms with Crippen LogP contribution in [0, 0.1) is 0 Å². The number of aliphatic carboxylic acids is 1. The monoisotopic (exact) mass is 194 g/mol. The van der Waals surface area contributed by atoms with Crippen LogP contribution < -0.4 is 10.4 Å². The van der Waals surface area contributed by atoms with Gasteiger partial charge in [0, 0.05) is 11.6 Å². The van der Waals surface area contributed by atoms with Crippen LogP contribution in [0.25, 0.3) is 0 Å². The lowest BCUT2D eigenvalue weighted by molar-refractivity contribution is -0.309. The molecule has 0 radical (unpaired) electrons. The molecule has 0 aliphatic heterocycles. The molecule has 1 N–H and O–H groups in total. The maximum Gasteiger partial charge on any atom is 0.0584 e. The summed E-state index contributed by atoms with van der Waals surface area (Å²) >= 11 is 0. The summed E-state index contributed by atoms with van der Waals surface area (Å²) < 4.78 is 0. The first-order valence-corrected chi connectivity index (χ1v) is 3.85. The first-order chi connectivity index (χ1) is 4.87. The van der Waals surface area contributed by atoms with Gasteiger partial charge in [0.05, 0.1) is 5.97 Å². The van der Waals surface area contributed by atoms with E-state index in [1.165, 1.54) is 0 Å².